The molecule has 0 aliphatic carbocycles. The van der Waals surface area contributed by atoms with Crippen molar-refractivity contribution in [3.63, 3.8) is 0 Å². The van der Waals surface area contributed by atoms with Gasteiger partial charge >= 0.3 is 5.97 Å². The van der Waals surface area contributed by atoms with Gasteiger partial charge in [0.25, 0.3) is 5.91 Å². The van der Waals surface area contributed by atoms with E-state index in [4.69, 9.17) is 9.47 Å². The summed E-state index contributed by atoms with van der Waals surface area (Å²) in [5.74, 6) is -0.696. The second-order valence-electron chi connectivity index (χ2n) is 7.23. The molecule has 0 radical (unpaired) electrons. The quantitative estimate of drug-likeness (QED) is 0.385. The number of benzene rings is 3. The average Bonchev–Trinajstić information content (AvgIpc) is 2.83. The molecular weight excluding hydrogens is 406 g/mol. The van der Waals surface area contributed by atoms with Gasteiger partial charge in [0.1, 0.15) is 5.75 Å². The summed E-state index contributed by atoms with van der Waals surface area (Å²) in [6, 6.07) is 22.7. The molecule has 6 heteroatoms. The van der Waals surface area contributed by atoms with Gasteiger partial charge in [0.15, 0.2) is 12.4 Å². The highest BCUT2D eigenvalue weighted by Gasteiger charge is 2.25. The molecule has 0 aromatic heterocycles. The average molecular weight is 431 g/mol. The number of hydrogen-bond donors (Lipinski definition) is 1. The Kier molecular flexibility index (Phi) is 7.75. The number of esters is 1. The summed E-state index contributed by atoms with van der Waals surface area (Å²) in [5.41, 5.74) is 2.81. The van der Waals surface area contributed by atoms with E-state index in [0.717, 1.165) is 5.56 Å². The maximum absolute atomic E-state index is 12.9. The standard InChI is InChI=1S/C26H25NO5/c1-3-23(28)19-11-15-22(16-12-19)31-17-24(29)32-25(20-7-5-4-6-8-20)26(30)27-21-13-9-18(2)10-14-21/h4-16,25H,3,17H2,1-2H3,(H,27,30). The van der Waals surface area contributed by atoms with Crippen molar-refractivity contribution in [3.05, 3.63) is 95.6 Å². The summed E-state index contributed by atoms with van der Waals surface area (Å²) in [6.45, 7) is 3.37. The third-order valence-electron chi connectivity index (χ3n) is 4.76. The van der Waals surface area contributed by atoms with E-state index in [9.17, 15) is 14.4 Å². The SMILES string of the molecule is CCC(=O)c1ccc(OCC(=O)OC(C(=O)Nc2ccc(C)cc2)c2ccccc2)cc1. The molecule has 6 nitrogen and oxygen atoms in total. The van der Waals surface area contributed by atoms with Crippen molar-refractivity contribution in [1.29, 1.82) is 0 Å². The lowest BCUT2D eigenvalue weighted by Crippen LogP contribution is -2.28. The number of aryl methyl sites for hydroxylation is 1. The van der Waals surface area contributed by atoms with E-state index in [1.54, 1.807) is 67.6 Å². The molecule has 0 aliphatic heterocycles. The molecule has 3 aromatic carbocycles. The molecule has 0 spiro atoms. The Balaban J connectivity index is 1.65. The predicted molar refractivity (Wildman–Crippen MR) is 122 cm³/mol. The van der Waals surface area contributed by atoms with Crippen LogP contribution in [0.3, 0.4) is 0 Å². The van der Waals surface area contributed by atoms with Crippen LogP contribution in [0.1, 0.15) is 40.9 Å². The van der Waals surface area contributed by atoms with Crippen LogP contribution in [0.4, 0.5) is 5.69 Å². The van der Waals surface area contributed by atoms with E-state index in [0.29, 0.717) is 29.0 Å². The fourth-order valence-corrected chi connectivity index (χ4v) is 2.99. The van der Waals surface area contributed by atoms with Gasteiger partial charge in [0.2, 0.25) is 6.10 Å². The van der Waals surface area contributed by atoms with Crippen LogP contribution in [-0.2, 0) is 14.3 Å². The first-order chi connectivity index (χ1) is 15.5. The normalized spacial score (nSPS) is 11.3. The van der Waals surface area contributed by atoms with Crippen molar-refractivity contribution >= 4 is 23.3 Å². The highest BCUT2D eigenvalue weighted by atomic mass is 16.6. The fraction of sp³-hybridized carbons (Fsp3) is 0.192. The molecule has 164 valence electrons. The van der Waals surface area contributed by atoms with Crippen LogP contribution >= 0.6 is 0 Å². The van der Waals surface area contributed by atoms with Gasteiger partial charge in [-0.2, -0.15) is 0 Å². The molecule has 3 rings (SSSR count). The second kappa shape index (κ2) is 10.9. The van der Waals surface area contributed by atoms with Gasteiger partial charge in [0, 0.05) is 23.2 Å². The maximum atomic E-state index is 12.9. The summed E-state index contributed by atoms with van der Waals surface area (Å²) in [6.07, 6.45) is -0.712. The molecule has 1 atom stereocenters. The van der Waals surface area contributed by atoms with Crippen LogP contribution in [0.2, 0.25) is 0 Å². The summed E-state index contributed by atoms with van der Waals surface area (Å²) >= 11 is 0. The first kappa shape index (κ1) is 22.7. The Labute approximate surface area is 187 Å². The smallest absolute Gasteiger partial charge is 0.345 e. The molecular formula is C26H25NO5. The van der Waals surface area contributed by atoms with E-state index in [-0.39, 0.29) is 12.4 Å². The van der Waals surface area contributed by atoms with Gasteiger partial charge in [-0.25, -0.2) is 4.79 Å². The monoisotopic (exact) mass is 431 g/mol. The molecule has 0 aliphatic rings. The number of ketones is 1. The lowest BCUT2D eigenvalue weighted by molar-refractivity contribution is -0.156. The molecule has 1 amide bonds. The predicted octanol–water partition coefficient (Wildman–Crippen LogP) is 4.89. The minimum Gasteiger partial charge on any atom is -0.482 e. The Hall–Kier alpha value is -3.93. The van der Waals surface area contributed by atoms with E-state index in [2.05, 4.69) is 5.32 Å². The van der Waals surface area contributed by atoms with Crippen LogP contribution in [-0.4, -0.2) is 24.3 Å². The molecule has 0 saturated carbocycles. The number of rotatable bonds is 9. The largest absolute Gasteiger partial charge is 0.482 e. The number of amides is 1. The molecule has 1 N–H and O–H groups in total. The van der Waals surface area contributed by atoms with Crippen LogP contribution < -0.4 is 10.1 Å². The van der Waals surface area contributed by atoms with Crippen LogP contribution in [0.25, 0.3) is 0 Å². The van der Waals surface area contributed by atoms with Crippen molar-refractivity contribution in [2.24, 2.45) is 0 Å². The van der Waals surface area contributed by atoms with Crippen molar-refractivity contribution in [3.8, 4) is 5.75 Å². The van der Waals surface area contributed by atoms with Gasteiger partial charge in [-0.15, -0.1) is 0 Å². The van der Waals surface area contributed by atoms with E-state index in [1.165, 1.54) is 0 Å². The summed E-state index contributed by atoms with van der Waals surface area (Å²) in [5, 5.41) is 2.78. The van der Waals surface area contributed by atoms with Crippen molar-refractivity contribution in [2.75, 3.05) is 11.9 Å². The molecule has 1 unspecified atom stereocenters. The molecule has 0 fully saturated rings. The number of carbonyl (C=O) groups excluding carboxylic acids is 3. The molecule has 0 bridgehead atoms. The highest BCUT2D eigenvalue weighted by molar-refractivity contribution is 5.96. The highest BCUT2D eigenvalue weighted by Crippen LogP contribution is 2.21. The molecule has 32 heavy (non-hydrogen) atoms. The third kappa shape index (κ3) is 6.28. The lowest BCUT2D eigenvalue weighted by atomic mass is 10.1. The summed E-state index contributed by atoms with van der Waals surface area (Å²) in [7, 11) is 0. The van der Waals surface area contributed by atoms with Gasteiger partial charge in [-0.3, -0.25) is 9.59 Å². The first-order valence-corrected chi connectivity index (χ1v) is 10.3. The Bertz CT molecular complexity index is 1060. The van der Waals surface area contributed by atoms with Gasteiger partial charge in [0.05, 0.1) is 0 Å². The van der Waals surface area contributed by atoms with Crippen LogP contribution in [0, 0.1) is 6.92 Å². The Morgan fingerprint density at radius 3 is 2.16 bits per heavy atom. The molecule has 0 saturated heterocycles. The first-order valence-electron chi connectivity index (χ1n) is 10.3. The number of anilines is 1. The lowest BCUT2D eigenvalue weighted by Gasteiger charge is -2.18. The maximum Gasteiger partial charge on any atom is 0.345 e. The Morgan fingerprint density at radius 2 is 1.53 bits per heavy atom. The van der Waals surface area contributed by atoms with Gasteiger partial charge in [-0.1, -0.05) is 55.0 Å². The van der Waals surface area contributed by atoms with Crippen LogP contribution in [0.15, 0.2) is 78.9 Å². The van der Waals surface area contributed by atoms with Crippen molar-refractivity contribution < 1.29 is 23.9 Å². The van der Waals surface area contributed by atoms with Gasteiger partial charge in [-0.05, 0) is 43.3 Å². The molecule has 0 heterocycles. The van der Waals surface area contributed by atoms with Crippen molar-refractivity contribution in [1.82, 2.24) is 0 Å². The topological polar surface area (TPSA) is 81.7 Å². The third-order valence-corrected chi connectivity index (χ3v) is 4.76. The number of nitrogens with one attached hydrogen (secondary N) is 1. The van der Waals surface area contributed by atoms with E-state index in [1.807, 2.05) is 25.1 Å². The number of Topliss-reactive ketones (excluding diaryl/α,β-unsaturated/α-hetero) is 1. The minimum atomic E-state index is -1.13. The zero-order chi connectivity index (χ0) is 22.9. The van der Waals surface area contributed by atoms with Gasteiger partial charge < -0.3 is 14.8 Å². The number of carbonyl (C=O) groups is 3. The minimum absolute atomic E-state index is 0.0289. The zero-order valence-corrected chi connectivity index (χ0v) is 18.0. The number of hydrogen-bond acceptors (Lipinski definition) is 5. The summed E-state index contributed by atoms with van der Waals surface area (Å²) in [4.78, 5) is 37.0. The molecule has 3 aromatic rings. The van der Waals surface area contributed by atoms with E-state index >= 15 is 0 Å². The van der Waals surface area contributed by atoms with Crippen LogP contribution in [0.5, 0.6) is 5.75 Å². The fourth-order valence-electron chi connectivity index (χ4n) is 2.99. The number of ether oxygens (including phenoxy) is 2. The van der Waals surface area contributed by atoms with Crippen molar-refractivity contribution in [2.45, 2.75) is 26.4 Å². The second-order valence-corrected chi connectivity index (χ2v) is 7.23. The Morgan fingerprint density at radius 1 is 0.875 bits per heavy atom. The van der Waals surface area contributed by atoms with E-state index < -0.39 is 18.0 Å². The summed E-state index contributed by atoms with van der Waals surface area (Å²) < 4.78 is 10.9. The zero-order valence-electron chi connectivity index (χ0n) is 18.0.